The Kier molecular flexibility index (Phi) is 10.6. The van der Waals surface area contributed by atoms with Crippen LogP contribution in [0.2, 0.25) is 0 Å². The third kappa shape index (κ3) is 9.67. The number of aliphatic hydroxyl groups is 1. The fourth-order valence-corrected chi connectivity index (χ4v) is 3.60. The van der Waals surface area contributed by atoms with E-state index in [1.54, 1.807) is 0 Å². The van der Waals surface area contributed by atoms with Crippen LogP contribution in [0.15, 0.2) is 54.6 Å². The van der Waals surface area contributed by atoms with Gasteiger partial charge in [-0.1, -0.05) is 48.9 Å². The zero-order valence-corrected chi connectivity index (χ0v) is 18.1. The molecule has 2 amide bonds. The number of anilines is 1. The number of hydrogen-bond donors (Lipinski definition) is 4. The van der Waals surface area contributed by atoms with Crippen molar-refractivity contribution in [2.75, 3.05) is 23.4 Å². The van der Waals surface area contributed by atoms with Gasteiger partial charge in [0.15, 0.2) is 6.10 Å². The van der Waals surface area contributed by atoms with E-state index in [2.05, 4.69) is 10.6 Å². The van der Waals surface area contributed by atoms with Crippen LogP contribution in [0.25, 0.3) is 11.1 Å². The van der Waals surface area contributed by atoms with E-state index >= 15 is 0 Å². The van der Waals surface area contributed by atoms with Gasteiger partial charge in [0, 0.05) is 24.4 Å². The van der Waals surface area contributed by atoms with E-state index < -0.39 is 12.1 Å². The van der Waals surface area contributed by atoms with Crippen molar-refractivity contribution in [2.45, 2.75) is 31.8 Å². The molecule has 0 aliphatic rings. The molecule has 7 nitrogen and oxygen atoms in total. The van der Waals surface area contributed by atoms with E-state index in [4.69, 9.17) is 10.2 Å². The van der Waals surface area contributed by atoms with Crippen LogP contribution in [0.5, 0.6) is 0 Å². The molecule has 4 N–H and O–H groups in total. The van der Waals surface area contributed by atoms with Gasteiger partial charge in [0.1, 0.15) is 0 Å². The van der Waals surface area contributed by atoms with Crippen LogP contribution in [0, 0.1) is 0 Å². The van der Waals surface area contributed by atoms with E-state index in [1.807, 2.05) is 54.6 Å². The Hall–Kier alpha value is -2.84. The number of carbonyl (C=O) groups is 3. The van der Waals surface area contributed by atoms with Crippen molar-refractivity contribution < 1.29 is 24.6 Å². The van der Waals surface area contributed by atoms with Gasteiger partial charge < -0.3 is 20.8 Å². The SMILES string of the molecule is O=C(CSCC(O)C(=O)O)NCCCCCC(=O)Nc1cccc(-c2ccccc2)c1. The summed E-state index contributed by atoms with van der Waals surface area (Å²) < 4.78 is 0. The van der Waals surface area contributed by atoms with Crippen molar-refractivity contribution in [1.82, 2.24) is 5.32 Å². The van der Waals surface area contributed by atoms with Crippen LogP contribution in [0.3, 0.4) is 0 Å². The Balaban J connectivity index is 1.57. The smallest absolute Gasteiger partial charge is 0.333 e. The number of carboxylic acids is 1. The first-order valence-corrected chi connectivity index (χ1v) is 11.3. The topological polar surface area (TPSA) is 116 Å². The lowest BCUT2D eigenvalue weighted by Gasteiger charge is -2.08. The highest BCUT2D eigenvalue weighted by molar-refractivity contribution is 8.00. The summed E-state index contributed by atoms with van der Waals surface area (Å²) in [6, 6.07) is 17.7. The molecule has 0 aliphatic heterocycles. The minimum atomic E-state index is -1.45. The first-order chi connectivity index (χ1) is 15.0. The van der Waals surface area contributed by atoms with Crippen molar-refractivity contribution in [2.24, 2.45) is 0 Å². The molecule has 0 heterocycles. The molecule has 0 saturated carbocycles. The number of carbonyl (C=O) groups excluding carboxylic acids is 2. The average Bonchev–Trinajstić information content (AvgIpc) is 2.76. The van der Waals surface area contributed by atoms with E-state index in [1.165, 1.54) is 0 Å². The summed E-state index contributed by atoms with van der Waals surface area (Å²) in [5.74, 6) is -1.44. The van der Waals surface area contributed by atoms with Gasteiger partial charge in [-0.25, -0.2) is 4.79 Å². The lowest BCUT2D eigenvalue weighted by Crippen LogP contribution is -2.28. The molecule has 0 aliphatic carbocycles. The molecule has 31 heavy (non-hydrogen) atoms. The lowest BCUT2D eigenvalue weighted by molar-refractivity contribution is -0.145. The number of thioether (sulfide) groups is 1. The highest BCUT2D eigenvalue weighted by atomic mass is 32.2. The van der Waals surface area contributed by atoms with Gasteiger partial charge >= 0.3 is 5.97 Å². The average molecular weight is 445 g/mol. The maximum atomic E-state index is 12.2. The maximum Gasteiger partial charge on any atom is 0.333 e. The Labute approximate surface area is 186 Å². The van der Waals surface area contributed by atoms with Gasteiger partial charge in [0.25, 0.3) is 0 Å². The fourth-order valence-electron chi connectivity index (χ4n) is 2.83. The quantitative estimate of drug-likeness (QED) is 0.353. The second-order valence-corrected chi connectivity index (χ2v) is 8.06. The summed E-state index contributed by atoms with van der Waals surface area (Å²) in [6.07, 6.45) is 1.24. The van der Waals surface area contributed by atoms with E-state index in [9.17, 15) is 14.4 Å². The van der Waals surface area contributed by atoms with Crippen molar-refractivity contribution >= 4 is 35.2 Å². The minimum absolute atomic E-state index is 0.0217. The Morgan fingerprint density at radius 2 is 1.65 bits per heavy atom. The standard InChI is InChI=1S/C23H28N2O5S/c26-20(23(29)30)15-31-16-22(28)24-13-6-2-5-12-21(27)25-19-11-7-10-18(14-19)17-8-3-1-4-9-17/h1,3-4,7-11,14,20,26H,2,5-6,12-13,15-16H2,(H,24,28)(H,25,27)(H,29,30). The van der Waals surface area contributed by atoms with Gasteiger partial charge in [0.05, 0.1) is 5.75 Å². The number of carboxylic acid groups (broad SMARTS) is 1. The van der Waals surface area contributed by atoms with Crippen LogP contribution < -0.4 is 10.6 Å². The van der Waals surface area contributed by atoms with Crippen molar-refractivity contribution in [3.8, 4) is 11.1 Å². The molecule has 2 rings (SSSR count). The second-order valence-electron chi connectivity index (χ2n) is 7.02. The normalized spacial score (nSPS) is 11.5. The third-order valence-electron chi connectivity index (χ3n) is 4.45. The monoisotopic (exact) mass is 444 g/mol. The Morgan fingerprint density at radius 1 is 0.903 bits per heavy atom. The molecule has 8 heteroatoms. The predicted octanol–water partition coefficient (Wildman–Crippen LogP) is 3.15. The van der Waals surface area contributed by atoms with Crippen LogP contribution >= 0.6 is 11.8 Å². The predicted molar refractivity (Wildman–Crippen MR) is 123 cm³/mol. The highest BCUT2D eigenvalue weighted by Crippen LogP contribution is 2.22. The number of aliphatic hydroxyl groups excluding tert-OH is 1. The van der Waals surface area contributed by atoms with Gasteiger partial charge in [-0.05, 0) is 36.1 Å². The van der Waals surface area contributed by atoms with Crippen LogP contribution in [-0.2, 0) is 14.4 Å². The van der Waals surface area contributed by atoms with Gasteiger partial charge in [0.2, 0.25) is 11.8 Å². The summed E-state index contributed by atoms with van der Waals surface area (Å²) in [5.41, 5.74) is 2.91. The third-order valence-corrected chi connectivity index (χ3v) is 5.47. The van der Waals surface area contributed by atoms with Crippen molar-refractivity contribution in [3.63, 3.8) is 0 Å². The summed E-state index contributed by atoms with van der Waals surface area (Å²) in [4.78, 5) is 34.3. The first kappa shape index (κ1) is 24.4. The fraction of sp³-hybridized carbons (Fsp3) is 0.348. The lowest BCUT2D eigenvalue weighted by atomic mass is 10.1. The summed E-state index contributed by atoms with van der Waals surface area (Å²) >= 11 is 1.07. The van der Waals surface area contributed by atoms with Gasteiger partial charge in [-0.2, -0.15) is 0 Å². The number of hydrogen-bond acceptors (Lipinski definition) is 5. The van der Waals surface area contributed by atoms with Crippen LogP contribution in [0.4, 0.5) is 5.69 Å². The molecule has 0 bridgehead atoms. The number of unbranched alkanes of at least 4 members (excludes halogenated alkanes) is 2. The van der Waals surface area contributed by atoms with Gasteiger partial charge in [-0.15, -0.1) is 11.8 Å². The number of rotatable bonds is 13. The van der Waals surface area contributed by atoms with E-state index in [-0.39, 0.29) is 23.3 Å². The zero-order chi connectivity index (χ0) is 22.5. The number of aliphatic carboxylic acids is 1. The second kappa shape index (κ2) is 13.5. The number of benzene rings is 2. The molecule has 0 saturated heterocycles. The van der Waals surface area contributed by atoms with Gasteiger partial charge in [-0.3, -0.25) is 9.59 Å². The minimum Gasteiger partial charge on any atom is -0.479 e. The van der Waals surface area contributed by atoms with Crippen LogP contribution in [0.1, 0.15) is 25.7 Å². The van der Waals surface area contributed by atoms with Crippen LogP contribution in [-0.4, -0.2) is 52.2 Å². The summed E-state index contributed by atoms with van der Waals surface area (Å²) in [7, 11) is 0. The molecular weight excluding hydrogens is 416 g/mol. The molecule has 0 aromatic heterocycles. The molecule has 0 radical (unpaired) electrons. The molecule has 2 aromatic carbocycles. The molecule has 166 valence electrons. The van der Waals surface area contributed by atoms with E-state index in [0.29, 0.717) is 13.0 Å². The van der Waals surface area contributed by atoms with Crippen molar-refractivity contribution in [1.29, 1.82) is 0 Å². The Bertz CT molecular complexity index is 860. The molecular formula is C23H28N2O5S. The number of amides is 2. The largest absolute Gasteiger partial charge is 0.479 e. The summed E-state index contributed by atoms with van der Waals surface area (Å²) in [5, 5.41) is 23.4. The number of nitrogens with one attached hydrogen (secondary N) is 2. The van der Waals surface area contributed by atoms with E-state index in [0.717, 1.165) is 47.8 Å². The molecule has 2 aromatic rings. The molecule has 1 atom stereocenters. The Morgan fingerprint density at radius 3 is 2.39 bits per heavy atom. The van der Waals surface area contributed by atoms with Crippen molar-refractivity contribution in [3.05, 3.63) is 54.6 Å². The molecule has 0 fully saturated rings. The first-order valence-electron chi connectivity index (χ1n) is 10.2. The molecule has 0 spiro atoms. The zero-order valence-electron chi connectivity index (χ0n) is 17.3. The highest BCUT2D eigenvalue weighted by Gasteiger charge is 2.13. The molecule has 1 unspecified atom stereocenters. The maximum absolute atomic E-state index is 12.2. The summed E-state index contributed by atoms with van der Waals surface area (Å²) in [6.45, 7) is 0.502.